The van der Waals surface area contributed by atoms with Gasteiger partial charge in [0.2, 0.25) is 0 Å². The third kappa shape index (κ3) is 3.79. The van der Waals surface area contributed by atoms with Crippen molar-refractivity contribution in [3.8, 4) is 0 Å². The number of benzene rings is 1. The second-order valence-corrected chi connectivity index (χ2v) is 5.23. The normalized spacial score (nSPS) is 18.6. The summed E-state index contributed by atoms with van der Waals surface area (Å²) in [6.45, 7) is 2.57. The van der Waals surface area contributed by atoms with Crippen molar-refractivity contribution in [2.24, 2.45) is 5.92 Å². The fraction of sp³-hybridized carbons (Fsp3) is 0.600. The first-order valence-electron chi connectivity index (χ1n) is 6.86. The van der Waals surface area contributed by atoms with Crippen molar-refractivity contribution in [3.63, 3.8) is 0 Å². The SMILES string of the molecule is CCC(CC1CC1)NCC(O)c1ccccc1F. The molecule has 2 N–H and O–H groups in total. The Morgan fingerprint density at radius 3 is 2.72 bits per heavy atom. The number of hydrogen-bond donors (Lipinski definition) is 2. The van der Waals surface area contributed by atoms with Gasteiger partial charge in [0.25, 0.3) is 0 Å². The van der Waals surface area contributed by atoms with E-state index in [-0.39, 0.29) is 5.82 Å². The molecule has 0 aromatic heterocycles. The second kappa shape index (κ2) is 6.30. The molecule has 1 aromatic rings. The highest BCUT2D eigenvalue weighted by atomic mass is 19.1. The number of rotatable bonds is 7. The van der Waals surface area contributed by atoms with Crippen LogP contribution in [0.1, 0.15) is 44.3 Å². The van der Waals surface area contributed by atoms with Gasteiger partial charge in [0.05, 0.1) is 6.10 Å². The Labute approximate surface area is 108 Å². The van der Waals surface area contributed by atoms with Gasteiger partial charge in [0.15, 0.2) is 0 Å². The second-order valence-electron chi connectivity index (χ2n) is 5.23. The van der Waals surface area contributed by atoms with Crippen LogP contribution in [0.5, 0.6) is 0 Å². The molecule has 1 aliphatic carbocycles. The van der Waals surface area contributed by atoms with E-state index < -0.39 is 6.10 Å². The van der Waals surface area contributed by atoms with Gasteiger partial charge in [0, 0.05) is 18.2 Å². The van der Waals surface area contributed by atoms with Crippen LogP contribution in [0.25, 0.3) is 0 Å². The Hall–Kier alpha value is -0.930. The van der Waals surface area contributed by atoms with Gasteiger partial charge >= 0.3 is 0 Å². The topological polar surface area (TPSA) is 32.3 Å². The summed E-state index contributed by atoms with van der Waals surface area (Å²) < 4.78 is 13.5. The van der Waals surface area contributed by atoms with Gasteiger partial charge in [0.1, 0.15) is 5.82 Å². The average Bonchev–Trinajstić information content (AvgIpc) is 3.18. The Bertz CT molecular complexity index is 379. The van der Waals surface area contributed by atoms with Crippen LogP contribution in [0, 0.1) is 11.7 Å². The number of halogens is 1. The van der Waals surface area contributed by atoms with Crippen LogP contribution in [0.3, 0.4) is 0 Å². The monoisotopic (exact) mass is 251 g/mol. The Morgan fingerprint density at radius 2 is 2.11 bits per heavy atom. The minimum Gasteiger partial charge on any atom is -0.387 e. The molecule has 2 atom stereocenters. The third-order valence-electron chi connectivity index (χ3n) is 3.67. The van der Waals surface area contributed by atoms with E-state index in [0.29, 0.717) is 18.2 Å². The highest BCUT2D eigenvalue weighted by molar-refractivity contribution is 5.20. The summed E-state index contributed by atoms with van der Waals surface area (Å²) in [6, 6.07) is 6.87. The summed E-state index contributed by atoms with van der Waals surface area (Å²) in [7, 11) is 0. The van der Waals surface area contributed by atoms with Crippen LogP contribution >= 0.6 is 0 Å². The molecule has 2 rings (SSSR count). The summed E-state index contributed by atoms with van der Waals surface area (Å²) in [4.78, 5) is 0. The van der Waals surface area contributed by atoms with E-state index in [0.717, 1.165) is 12.3 Å². The maximum Gasteiger partial charge on any atom is 0.129 e. The molecule has 0 bridgehead atoms. The van der Waals surface area contributed by atoms with E-state index in [4.69, 9.17) is 0 Å². The number of nitrogens with one attached hydrogen (secondary N) is 1. The lowest BCUT2D eigenvalue weighted by Crippen LogP contribution is -2.32. The van der Waals surface area contributed by atoms with Crippen LogP contribution in [0.15, 0.2) is 24.3 Å². The van der Waals surface area contributed by atoms with Crippen LogP contribution in [-0.2, 0) is 0 Å². The summed E-state index contributed by atoms with van der Waals surface area (Å²) in [6.07, 6.45) is 4.16. The van der Waals surface area contributed by atoms with Crippen molar-refractivity contribution in [3.05, 3.63) is 35.6 Å². The molecule has 100 valence electrons. The molecule has 3 heteroatoms. The quantitative estimate of drug-likeness (QED) is 0.780. The zero-order chi connectivity index (χ0) is 13.0. The standard InChI is InChI=1S/C15H22FNO/c1-2-12(9-11-7-8-11)17-10-15(18)13-5-3-4-6-14(13)16/h3-6,11-12,15,17-18H,2,7-10H2,1H3. The molecule has 2 unspecified atom stereocenters. The Morgan fingerprint density at radius 1 is 1.39 bits per heavy atom. The van der Waals surface area contributed by atoms with E-state index in [9.17, 15) is 9.50 Å². The van der Waals surface area contributed by atoms with Crippen molar-refractivity contribution in [2.45, 2.75) is 44.8 Å². The highest BCUT2D eigenvalue weighted by Crippen LogP contribution is 2.34. The summed E-state index contributed by atoms with van der Waals surface area (Å²) in [5.74, 6) is 0.537. The summed E-state index contributed by atoms with van der Waals surface area (Å²) in [5.41, 5.74) is 0.381. The number of aliphatic hydroxyl groups excluding tert-OH is 1. The molecule has 1 aromatic carbocycles. The molecule has 1 saturated carbocycles. The highest BCUT2D eigenvalue weighted by Gasteiger charge is 2.25. The van der Waals surface area contributed by atoms with Gasteiger partial charge in [-0.05, 0) is 24.8 Å². The molecule has 0 radical (unpaired) electrons. The zero-order valence-electron chi connectivity index (χ0n) is 10.9. The van der Waals surface area contributed by atoms with Crippen LogP contribution in [0.4, 0.5) is 4.39 Å². The lowest BCUT2D eigenvalue weighted by Gasteiger charge is -2.19. The van der Waals surface area contributed by atoms with Gasteiger partial charge in [-0.2, -0.15) is 0 Å². The van der Waals surface area contributed by atoms with Gasteiger partial charge in [-0.1, -0.05) is 38.0 Å². The Balaban J connectivity index is 1.82. The lowest BCUT2D eigenvalue weighted by molar-refractivity contribution is 0.163. The Kier molecular flexibility index (Phi) is 4.72. The fourth-order valence-electron chi connectivity index (χ4n) is 2.28. The van der Waals surface area contributed by atoms with Crippen LogP contribution < -0.4 is 5.32 Å². The molecular weight excluding hydrogens is 229 g/mol. The van der Waals surface area contributed by atoms with Crippen molar-refractivity contribution >= 4 is 0 Å². The number of aliphatic hydroxyl groups is 1. The molecule has 0 heterocycles. The minimum absolute atomic E-state index is 0.331. The lowest BCUT2D eigenvalue weighted by atomic mass is 10.1. The van der Waals surface area contributed by atoms with E-state index in [1.807, 2.05) is 0 Å². The minimum atomic E-state index is -0.764. The fourth-order valence-corrected chi connectivity index (χ4v) is 2.28. The largest absolute Gasteiger partial charge is 0.387 e. The van der Waals surface area contributed by atoms with Crippen molar-refractivity contribution in [1.29, 1.82) is 0 Å². The maximum absolute atomic E-state index is 13.5. The van der Waals surface area contributed by atoms with E-state index in [2.05, 4.69) is 12.2 Å². The molecule has 0 aliphatic heterocycles. The van der Waals surface area contributed by atoms with Crippen LogP contribution in [-0.4, -0.2) is 17.7 Å². The molecule has 0 saturated heterocycles. The van der Waals surface area contributed by atoms with E-state index >= 15 is 0 Å². The third-order valence-corrected chi connectivity index (χ3v) is 3.67. The molecule has 1 fully saturated rings. The van der Waals surface area contributed by atoms with E-state index in [1.54, 1.807) is 18.2 Å². The first kappa shape index (κ1) is 13.5. The predicted octanol–water partition coefficient (Wildman–Crippen LogP) is 3.03. The first-order valence-corrected chi connectivity index (χ1v) is 6.86. The van der Waals surface area contributed by atoms with Gasteiger partial charge in [-0.3, -0.25) is 0 Å². The molecule has 2 nitrogen and oxygen atoms in total. The smallest absolute Gasteiger partial charge is 0.129 e. The molecule has 1 aliphatic rings. The van der Waals surface area contributed by atoms with Gasteiger partial charge in [-0.15, -0.1) is 0 Å². The van der Waals surface area contributed by atoms with Crippen LogP contribution in [0.2, 0.25) is 0 Å². The van der Waals surface area contributed by atoms with Gasteiger partial charge in [-0.25, -0.2) is 4.39 Å². The number of hydrogen-bond acceptors (Lipinski definition) is 2. The summed E-state index contributed by atoms with van der Waals surface area (Å²) >= 11 is 0. The average molecular weight is 251 g/mol. The van der Waals surface area contributed by atoms with Crippen molar-refractivity contribution < 1.29 is 9.50 Å². The van der Waals surface area contributed by atoms with Gasteiger partial charge < -0.3 is 10.4 Å². The molecule has 18 heavy (non-hydrogen) atoms. The van der Waals surface area contributed by atoms with Crippen molar-refractivity contribution in [2.75, 3.05) is 6.54 Å². The molecule has 0 spiro atoms. The first-order chi connectivity index (χ1) is 8.70. The van der Waals surface area contributed by atoms with Crippen molar-refractivity contribution in [1.82, 2.24) is 5.32 Å². The zero-order valence-corrected chi connectivity index (χ0v) is 10.9. The van der Waals surface area contributed by atoms with E-state index in [1.165, 1.54) is 25.3 Å². The molecule has 0 amide bonds. The maximum atomic E-state index is 13.5. The molecular formula is C15H22FNO. The summed E-state index contributed by atoms with van der Waals surface area (Å²) in [5, 5.41) is 13.3. The predicted molar refractivity (Wildman–Crippen MR) is 70.8 cm³/mol.